The van der Waals surface area contributed by atoms with Crippen molar-refractivity contribution in [2.24, 2.45) is 0 Å². The number of piperazine rings is 1. The van der Waals surface area contributed by atoms with Crippen LogP contribution in [0.1, 0.15) is 18.4 Å². The Balaban J connectivity index is 1.41. The van der Waals surface area contributed by atoms with Gasteiger partial charge in [0.05, 0.1) is 6.10 Å². The number of nitrogens with zero attached hydrogens (tertiary/aromatic N) is 2. The van der Waals surface area contributed by atoms with E-state index < -0.39 is 0 Å². The second-order valence-electron chi connectivity index (χ2n) is 5.70. The van der Waals surface area contributed by atoms with Crippen molar-refractivity contribution >= 4 is 0 Å². The normalized spacial score (nSPS) is 25.8. The summed E-state index contributed by atoms with van der Waals surface area (Å²) in [6, 6.07) is 10.8. The van der Waals surface area contributed by atoms with E-state index in [1.807, 2.05) is 0 Å². The van der Waals surface area contributed by atoms with Crippen LogP contribution in [0.5, 0.6) is 0 Å². The van der Waals surface area contributed by atoms with Crippen molar-refractivity contribution in [2.45, 2.75) is 25.5 Å². The molecule has 0 N–H and O–H groups in total. The smallest absolute Gasteiger partial charge is 0.0702 e. The van der Waals surface area contributed by atoms with Crippen LogP contribution in [0.25, 0.3) is 0 Å². The lowest BCUT2D eigenvalue weighted by Crippen LogP contribution is -2.48. The van der Waals surface area contributed by atoms with Crippen LogP contribution in [0.2, 0.25) is 0 Å². The molecule has 3 rings (SSSR count). The van der Waals surface area contributed by atoms with E-state index in [4.69, 9.17) is 4.74 Å². The highest BCUT2D eigenvalue weighted by Gasteiger charge is 2.22. The van der Waals surface area contributed by atoms with Crippen molar-refractivity contribution in [3.63, 3.8) is 0 Å². The van der Waals surface area contributed by atoms with Crippen LogP contribution in [0, 0.1) is 0 Å². The fraction of sp³-hybridized carbons (Fsp3) is 0.625. The van der Waals surface area contributed by atoms with E-state index in [0.29, 0.717) is 6.10 Å². The Kier molecular flexibility index (Phi) is 4.49. The lowest BCUT2D eigenvalue weighted by molar-refractivity contribution is 0.0489. The zero-order valence-electron chi connectivity index (χ0n) is 11.6. The Hall–Kier alpha value is -0.900. The predicted octanol–water partition coefficient (Wildman–Crippen LogP) is 1.98. The molecule has 0 bridgehead atoms. The zero-order chi connectivity index (χ0) is 12.9. The second kappa shape index (κ2) is 6.51. The summed E-state index contributed by atoms with van der Waals surface area (Å²) in [6.45, 7) is 7.94. The van der Waals surface area contributed by atoms with Gasteiger partial charge in [-0.1, -0.05) is 30.3 Å². The van der Waals surface area contributed by atoms with Gasteiger partial charge in [0.1, 0.15) is 0 Å². The molecule has 2 saturated heterocycles. The van der Waals surface area contributed by atoms with Crippen LogP contribution in [0.3, 0.4) is 0 Å². The maximum absolute atomic E-state index is 5.72. The first-order valence-electron chi connectivity index (χ1n) is 7.50. The van der Waals surface area contributed by atoms with Gasteiger partial charge in [0.25, 0.3) is 0 Å². The summed E-state index contributed by atoms with van der Waals surface area (Å²) in [7, 11) is 0. The van der Waals surface area contributed by atoms with Gasteiger partial charge in [0, 0.05) is 45.9 Å². The fourth-order valence-electron chi connectivity index (χ4n) is 3.05. The highest BCUT2D eigenvalue weighted by Crippen LogP contribution is 2.15. The van der Waals surface area contributed by atoms with E-state index in [1.165, 1.54) is 44.6 Å². The van der Waals surface area contributed by atoms with Gasteiger partial charge in [-0.2, -0.15) is 0 Å². The average molecular weight is 260 g/mol. The third-order valence-corrected chi connectivity index (χ3v) is 4.20. The molecule has 3 nitrogen and oxygen atoms in total. The second-order valence-corrected chi connectivity index (χ2v) is 5.70. The largest absolute Gasteiger partial charge is 0.377 e. The van der Waals surface area contributed by atoms with Gasteiger partial charge in [0.2, 0.25) is 0 Å². The molecule has 0 aliphatic carbocycles. The van der Waals surface area contributed by atoms with Crippen LogP contribution >= 0.6 is 0 Å². The third kappa shape index (κ3) is 3.78. The van der Waals surface area contributed by atoms with Crippen LogP contribution in [0.4, 0.5) is 0 Å². The molecule has 3 heteroatoms. The van der Waals surface area contributed by atoms with Crippen molar-refractivity contribution in [2.75, 3.05) is 39.3 Å². The van der Waals surface area contributed by atoms with E-state index in [-0.39, 0.29) is 0 Å². The molecule has 1 aromatic rings. The van der Waals surface area contributed by atoms with Gasteiger partial charge in [-0.25, -0.2) is 0 Å². The molecule has 19 heavy (non-hydrogen) atoms. The third-order valence-electron chi connectivity index (χ3n) is 4.20. The monoisotopic (exact) mass is 260 g/mol. The van der Waals surface area contributed by atoms with Gasteiger partial charge >= 0.3 is 0 Å². The lowest BCUT2D eigenvalue weighted by atomic mass is 10.2. The molecule has 1 unspecified atom stereocenters. The molecule has 1 atom stereocenters. The Morgan fingerprint density at radius 1 is 1.00 bits per heavy atom. The minimum atomic E-state index is 0.501. The minimum Gasteiger partial charge on any atom is -0.377 e. The number of rotatable bonds is 4. The van der Waals surface area contributed by atoms with Crippen LogP contribution in [-0.2, 0) is 11.3 Å². The quantitative estimate of drug-likeness (QED) is 0.823. The van der Waals surface area contributed by atoms with Crippen molar-refractivity contribution < 1.29 is 4.74 Å². The zero-order valence-corrected chi connectivity index (χ0v) is 11.6. The summed E-state index contributed by atoms with van der Waals surface area (Å²) >= 11 is 0. The van der Waals surface area contributed by atoms with Crippen molar-refractivity contribution in [1.82, 2.24) is 9.80 Å². The molecule has 1 aromatic carbocycles. The summed E-state index contributed by atoms with van der Waals surface area (Å²) in [6.07, 6.45) is 3.00. The molecular weight excluding hydrogens is 236 g/mol. The number of hydrogen-bond acceptors (Lipinski definition) is 3. The minimum absolute atomic E-state index is 0.501. The maximum Gasteiger partial charge on any atom is 0.0702 e. The SMILES string of the molecule is c1ccc(CN2CCN(CC3CCCO3)CC2)cc1. The standard InChI is InChI=1S/C16H24N2O/c1-2-5-15(6-3-1)13-17-8-10-18(11-9-17)14-16-7-4-12-19-16/h1-3,5-6,16H,4,7-14H2. The van der Waals surface area contributed by atoms with E-state index in [1.54, 1.807) is 0 Å². The van der Waals surface area contributed by atoms with Gasteiger partial charge in [-0.05, 0) is 18.4 Å². The molecule has 0 aromatic heterocycles. The first kappa shape index (κ1) is 13.1. The van der Waals surface area contributed by atoms with Crippen LogP contribution in [0.15, 0.2) is 30.3 Å². The molecule has 2 aliphatic rings. The summed E-state index contributed by atoms with van der Waals surface area (Å²) in [4.78, 5) is 5.12. The van der Waals surface area contributed by atoms with Crippen molar-refractivity contribution in [3.8, 4) is 0 Å². The molecule has 0 spiro atoms. The number of ether oxygens (including phenoxy) is 1. The van der Waals surface area contributed by atoms with E-state index in [2.05, 4.69) is 40.1 Å². The van der Waals surface area contributed by atoms with Gasteiger partial charge < -0.3 is 4.74 Å². The first-order valence-corrected chi connectivity index (χ1v) is 7.50. The summed E-state index contributed by atoms with van der Waals surface area (Å²) in [5, 5.41) is 0. The Bertz CT molecular complexity index is 368. The Morgan fingerprint density at radius 3 is 2.42 bits per heavy atom. The van der Waals surface area contributed by atoms with Crippen LogP contribution < -0.4 is 0 Å². The van der Waals surface area contributed by atoms with Crippen molar-refractivity contribution in [3.05, 3.63) is 35.9 Å². The molecule has 0 saturated carbocycles. The molecule has 2 aliphatic heterocycles. The summed E-state index contributed by atoms with van der Waals surface area (Å²) in [5.74, 6) is 0. The molecule has 104 valence electrons. The van der Waals surface area contributed by atoms with E-state index in [0.717, 1.165) is 19.7 Å². The molecule has 0 radical (unpaired) electrons. The maximum atomic E-state index is 5.72. The fourth-order valence-corrected chi connectivity index (χ4v) is 3.05. The van der Waals surface area contributed by atoms with Crippen LogP contribution in [-0.4, -0.2) is 55.2 Å². The van der Waals surface area contributed by atoms with E-state index in [9.17, 15) is 0 Å². The van der Waals surface area contributed by atoms with Gasteiger partial charge in [-0.15, -0.1) is 0 Å². The molecular formula is C16H24N2O. The highest BCUT2D eigenvalue weighted by atomic mass is 16.5. The molecule has 2 heterocycles. The number of hydrogen-bond donors (Lipinski definition) is 0. The topological polar surface area (TPSA) is 15.7 Å². The number of benzene rings is 1. The Labute approximate surface area is 116 Å². The lowest BCUT2D eigenvalue weighted by Gasteiger charge is -2.35. The predicted molar refractivity (Wildman–Crippen MR) is 77.1 cm³/mol. The molecule has 2 fully saturated rings. The van der Waals surface area contributed by atoms with Gasteiger partial charge in [0.15, 0.2) is 0 Å². The first-order chi connectivity index (χ1) is 9.40. The molecule has 0 amide bonds. The average Bonchev–Trinajstić information content (AvgIpc) is 2.95. The van der Waals surface area contributed by atoms with Crippen molar-refractivity contribution in [1.29, 1.82) is 0 Å². The van der Waals surface area contributed by atoms with E-state index >= 15 is 0 Å². The summed E-state index contributed by atoms with van der Waals surface area (Å²) in [5.41, 5.74) is 1.43. The Morgan fingerprint density at radius 2 is 1.74 bits per heavy atom. The van der Waals surface area contributed by atoms with Gasteiger partial charge in [-0.3, -0.25) is 9.80 Å². The summed E-state index contributed by atoms with van der Waals surface area (Å²) < 4.78 is 5.72. The highest BCUT2D eigenvalue weighted by molar-refractivity contribution is 5.14.